The van der Waals surface area contributed by atoms with E-state index < -0.39 is 0 Å². The summed E-state index contributed by atoms with van der Waals surface area (Å²) in [5, 5.41) is 7.24. The molecule has 0 saturated heterocycles. The molecule has 3 aromatic rings. The van der Waals surface area contributed by atoms with Crippen LogP contribution in [-0.4, -0.2) is 25.2 Å². The lowest BCUT2D eigenvalue weighted by molar-refractivity contribution is 0.102. The van der Waals surface area contributed by atoms with Gasteiger partial charge in [-0.15, -0.1) is 0 Å². The second-order valence-corrected chi connectivity index (χ2v) is 5.48. The summed E-state index contributed by atoms with van der Waals surface area (Å²) in [5.74, 6) is -0.279. The van der Waals surface area contributed by atoms with Gasteiger partial charge in [-0.2, -0.15) is 5.10 Å². The fourth-order valence-electron chi connectivity index (χ4n) is 2.37. The van der Waals surface area contributed by atoms with Gasteiger partial charge in [0, 0.05) is 25.4 Å². The summed E-state index contributed by atoms with van der Waals surface area (Å²) in [6, 6.07) is 4.87. The first-order valence-electron chi connectivity index (χ1n) is 7.06. The van der Waals surface area contributed by atoms with Gasteiger partial charge in [0.15, 0.2) is 4.77 Å². The second kappa shape index (κ2) is 5.81. The molecule has 0 aliphatic carbocycles. The van der Waals surface area contributed by atoms with E-state index >= 15 is 0 Å². The molecule has 1 amide bonds. The molecule has 2 N–H and O–H groups in total. The summed E-state index contributed by atoms with van der Waals surface area (Å²) in [6.45, 7) is 2.35. The second-order valence-electron chi connectivity index (χ2n) is 5.10. The molecule has 7 nitrogen and oxygen atoms in total. The summed E-state index contributed by atoms with van der Waals surface area (Å²) in [5.41, 5.74) is 1.42. The van der Waals surface area contributed by atoms with Crippen molar-refractivity contribution in [2.24, 2.45) is 7.05 Å². The monoisotopic (exact) mass is 329 g/mol. The Morgan fingerprint density at radius 2 is 2.22 bits per heavy atom. The number of nitrogens with one attached hydrogen (secondary N) is 2. The largest absolute Gasteiger partial charge is 0.332 e. The van der Waals surface area contributed by atoms with Crippen LogP contribution < -0.4 is 10.9 Å². The van der Waals surface area contributed by atoms with Crippen molar-refractivity contribution >= 4 is 34.7 Å². The number of aromatic amines is 1. The van der Waals surface area contributed by atoms with Crippen molar-refractivity contribution in [3.8, 4) is 0 Å². The van der Waals surface area contributed by atoms with Crippen LogP contribution in [-0.2, 0) is 13.6 Å². The summed E-state index contributed by atoms with van der Waals surface area (Å²) in [4.78, 5) is 27.6. The predicted molar refractivity (Wildman–Crippen MR) is 90.2 cm³/mol. The van der Waals surface area contributed by atoms with Crippen molar-refractivity contribution in [1.82, 2.24) is 19.3 Å². The van der Waals surface area contributed by atoms with Gasteiger partial charge in [-0.25, -0.2) is 0 Å². The van der Waals surface area contributed by atoms with Crippen LogP contribution in [0.25, 0.3) is 10.9 Å². The zero-order valence-electron chi connectivity index (χ0n) is 12.7. The van der Waals surface area contributed by atoms with Gasteiger partial charge in [0.2, 0.25) is 0 Å². The lowest BCUT2D eigenvalue weighted by atomic mass is 10.1. The molecule has 8 heteroatoms. The smallest absolute Gasteiger partial charge is 0.262 e. The minimum atomic E-state index is -0.279. The van der Waals surface area contributed by atoms with E-state index in [1.54, 1.807) is 42.3 Å². The van der Waals surface area contributed by atoms with E-state index in [0.717, 1.165) is 0 Å². The lowest BCUT2D eigenvalue weighted by Crippen LogP contribution is -2.21. The first-order valence-corrected chi connectivity index (χ1v) is 7.47. The van der Waals surface area contributed by atoms with Crippen LogP contribution in [0.1, 0.15) is 17.3 Å². The molecule has 3 rings (SSSR count). The maximum Gasteiger partial charge on any atom is 0.262 e. The SMILES string of the molecule is CCn1c(=S)[nH]c2cc(C(=O)Nc3cnn(C)c3)ccc2c1=O. The Labute approximate surface area is 136 Å². The van der Waals surface area contributed by atoms with Crippen LogP contribution in [0.4, 0.5) is 5.69 Å². The molecule has 0 unspecified atom stereocenters. The third-order valence-corrected chi connectivity index (χ3v) is 3.85. The summed E-state index contributed by atoms with van der Waals surface area (Å²) in [7, 11) is 1.77. The maximum absolute atomic E-state index is 12.3. The highest BCUT2D eigenvalue weighted by molar-refractivity contribution is 7.71. The third-order valence-electron chi connectivity index (χ3n) is 3.52. The Morgan fingerprint density at radius 1 is 1.43 bits per heavy atom. The number of benzene rings is 1. The normalized spacial score (nSPS) is 10.9. The molecule has 0 radical (unpaired) electrons. The van der Waals surface area contributed by atoms with Gasteiger partial charge < -0.3 is 10.3 Å². The number of aryl methyl sites for hydroxylation is 1. The number of hydrogen-bond acceptors (Lipinski definition) is 4. The molecule has 0 atom stereocenters. The van der Waals surface area contributed by atoms with Gasteiger partial charge in [-0.05, 0) is 37.3 Å². The average molecular weight is 329 g/mol. The highest BCUT2D eigenvalue weighted by Gasteiger charge is 2.10. The van der Waals surface area contributed by atoms with Crippen molar-refractivity contribution in [2.45, 2.75) is 13.5 Å². The number of nitrogens with zero attached hydrogens (tertiary/aromatic N) is 3. The number of fused-ring (bicyclic) bond motifs is 1. The number of amides is 1. The summed E-state index contributed by atoms with van der Waals surface area (Å²) in [6.07, 6.45) is 3.26. The van der Waals surface area contributed by atoms with E-state index in [2.05, 4.69) is 15.4 Å². The highest BCUT2D eigenvalue weighted by Crippen LogP contribution is 2.13. The molecule has 1 aromatic carbocycles. The Kier molecular flexibility index (Phi) is 3.83. The first-order chi connectivity index (χ1) is 11.0. The van der Waals surface area contributed by atoms with E-state index in [1.165, 1.54) is 4.57 Å². The van der Waals surface area contributed by atoms with Crippen LogP contribution in [0, 0.1) is 4.77 Å². The molecule has 2 heterocycles. The van der Waals surface area contributed by atoms with E-state index in [9.17, 15) is 9.59 Å². The number of carbonyl (C=O) groups excluding carboxylic acids is 1. The number of aromatic nitrogens is 4. The Hall–Kier alpha value is -2.74. The van der Waals surface area contributed by atoms with Crippen LogP contribution in [0.3, 0.4) is 0 Å². The molecular weight excluding hydrogens is 314 g/mol. The van der Waals surface area contributed by atoms with Crippen molar-refractivity contribution in [2.75, 3.05) is 5.32 Å². The maximum atomic E-state index is 12.3. The number of hydrogen-bond donors (Lipinski definition) is 2. The standard InChI is InChI=1S/C15H15N5O2S/c1-3-20-14(22)11-5-4-9(6-12(11)18-15(20)23)13(21)17-10-7-16-19(2)8-10/h4-8H,3H2,1-2H3,(H,17,21)(H,18,23). The number of H-pyrrole nitrogens is 1. The van der Waals surface area contributed by atoms with Gasteiger partial charge in [0.25, 0.3) is 11.5 Å². The Morgan fingerprint density at radius 3 is 2.87 bits per heavy atom. The molecule has 0 saturated carbocycles. The fourth-order valence-corrected chi connectivity index (χ4v) is 2.69. The zero-order chi connectivity index (χ0) is 16.6. The van der Waals surface area contributed by atoms with Crippen molar-refractivity contribution in [3.05, 3.63) is 51.3 Å². The number of rotatable bonds is 3. The van der Waals surface area contributed by atoms with E-state index in [1.807, 2.05) is 6.92 Å². The van der Waals surface area contributed by atoms with Crippen LogP contribution in [0.15, 0.2) is 35.4 Å². The van der Waals surface area contributed by atoms with Gasteiger partial charge in [-0.1, -0.05) is 0 Å². The molecule has 0 bridgehead atoms. The summed E-state index contributed by atoms with van der Waals surface area (Å²) >= 11 is 5.18. The quantitative estimate of drug-likeness (QED) is 0.720. The fraction of sp³-hybridized carbons (Fsp3) is 0.200. The van der Waals surface area contributed by atoms with Crippen molar-refractivity contribution in [3.63, 3.8) is 0 Å². The zero-order valence-corrected chi connectivity index (χ0v) is 13.5. The van der Waals surface area contributed by atoms with Crippen molar-refractivity contribution in [1.29, 1.82) is 0 Å². The Balaban J connectivity index is 2.01. The average Bonchev–Trinajstić information content (AvgIpc) is 2.92. The van der Waals surface area contributed by atoms with E-state index in [0.29, 0.717) is 33.5 Å². The first kappa shape index (κ1) is 15.2. The van der Waals surface area contributed by atoms with E-state index in [-0.39, 0.29) is 11.5 Å². The minimum absolute atomic E-state index is 0.162. The number of carbonyl (C=O) groups is 1. The molecule has 0 spiro atoms. The molecule has 0 fully saturated rings. The summed E-state index contributed by atoms with van der Waals surface area (Å²) < 4.78 is 3.42. The topological polar surface area (TPSA) is 84.7 Å². The van der Waals surface area contributed by atoms with Crippen molar-refractivity contribution < 1.29 is 4.79 Å². The van der Waals surface area contributed by atoms with Gasteiger partial charge in [0.1, 0.15) is 0 Å². The minimum Gasteiger partial charge on any atom is -0.332 e. The van der Waals surface area contributed by atoms with E-state index in [4.69, 9.17) is 12.2 Å². The van der Waals surface area contributed by atoms with Gasteiger partial charge in [0.05, 0.1) is 22.8 Å². The predicted octanol–water partition coefficient (Wildman–Crippen LogP) is 2.06. The third kappa shape index (κ3) is 2.80. The van der Waals surface area contributed by atoms with Crippen LogP contribution in [0.5, 0.6) is 0 Å². The molecule has 118 valence electrons. The Bertz CT molecular complexity index is 1010. The van der Waals surface area contributed by atoms with Crippen LogP contribution in [0.2, 0.25) is 0 Å². The highest BCUT2D eigenvalue weighted by atomic mass is 32.1. The van der Waals surface area contributed by atoms with Gasteiger partial charge in [-0.3, -0.25) is 18.8 Å². The molecular formula is C15H15N5O2S. The lowest BCUT2D eigenvalue weighted by Gasteiger charge is -2.07. The van der Waals surface area contributed by atoms with Gasteiger partial charge >= 0.3 is 0 Å². The molecule has 23 heavy (non-hydrogen) atoms. The molecule has 0 aliphatic rings. The van der Waals surface area contributed by atoms with Crippen LogP contribution >= 0.6 is 12.2 Å². The number of anilines is 1. The molecule has 2 aromatic heterocycles. The molecule has 0 aliphatic heterocycles.